The summed E-state index contributed by atoms with van der Waals surface area (Å²) in [6.07, 6.45) is 0. The summed E-state index contributed by atoms with van der Waals surface area (Å²) in [4.78, 5) is 28.1. The minimum absolute atomic E-state index is 0. The van der Waals surface area contributed by atoms with Gasteiger partial charge in [-0.25, -0.2) is 4.79 Å². The molecular formula is C34H38N2O4S6. The number of nitrogens with zero attached hydrogens (tertiary/aromatic N) is 1. The summed E-state index contributed by atoms with van der Waals surface area (Å²) in [5.41, 5.74) is 7.35. The van der Waals surface area contributed by atoms with E-state index in [1.54, 1.807) is 23.5 Å². The number of methoxy groups -OCH3 is 2. The van der Waals surface area contributed by atoms with Gasteiger partial charge < -0.3 is 15.2 Å². The van der Waals surface area contributed by atoms with Crippen LogP contribution in [0.4, 0.5) is 0 Å². The maximum absolute atomic E-state index is 11.2. The van der Waals surface area contributed by atoms with Crippen LogP contribution in [0.1, 0.15) is 11.1 Å². The summed E-state index contributed by atoms with van der Waals surface area (Å²) < 4.78 is 9.87. The number of thiocarbonyl (C=S) groups is 1. The van der Waals surface area contributed by atoms with Crippen molar-refractivity contribution in [3.8, 4) is 0 Å². The van der Waals surface area contributed by atoms with Crippen molar-refractivity contribution >= 4 is 95.7 Å². The predicted molar refractivity (Wildman–Crippen MR) is 210 cm³/mol. The topological polar surface area (TPSA) is 91.0 Å². The highest BCUT2D eigenvalue weighted by Gasteiger charge is 2.26. The number of hydrogen-bond donors (Lipinski definition) is 3. The van der Waals surface area contributed by atoms with Crippen molar-refractivity contribution in [2.24, 2.45) is 10.7 Å². The molecule has 0 radical (unpaired) electrons. The molecule has 4 aromatic carbocycles. The molecule has 2 unspecified atom stereocenters. The average molecular weight is 731 g/mol. The first-order valence-electron chi connectivity index (χ1n) is 13.6. The number of nitrogens with two attached hydrogens (primary N) is 1. The van der Waals surface area contributed by atoms with Crippen molar-refractivity contribution in [1.29, 1.82) is 0 Å². The summed E-state index contributed by atoms with van der Waals surface area (Å²) in [6.45, 7) is 0. The van der Waals surface area contributed by atoms with Crippen LogP contribution in [0.3, 0.4) is 0 Å². The van der Waals surface area contributed by atoms with E-state index in [1.807, 2.05) is 109 Å². The van der Waals surface area contributed by atoms with Crippen LogP contribution in [0.15, 0.2) is 136 Å². The Labute approximate surface area is 303 Å². The van der Waals surface area contributed by atoms with Gasteiger partial charge >= 0.3 is 11.9 Å². The van der Waals surface area contributed by atoms with Crippen LogP contribution < -0.4 is 5.73 Å². The van der Waals surface area contributed by atoms with Crippen LogP contribution in [0.2, 0.25) is 0 Å². The Bertz CT molecular complexity index is 1460. The van der Waals surface area contributed by atoms with Gasteiger partial charge in [0.1, 0.15) is 6.04 Å². The highest BCUT2D eigenvalue weighted by Crippen LogP contribution is 2.24. The number of thioether (sulfide) groups is 2. The fraction of sp³-hybridized carbons (Fsp3) is 0.176. The normalized spacial score (nSPS) is 13.2. The second-order valence-electron chi connectivity index (χ2n) is 8.87. The molecule has 2 atom stereocenters. The maximum Gasteiger partial charge on any atom is 0.331 e. The highest BCUT2D eigenvalue weighted by molar-refractivity contribution is 8.23. The number of carbonyl (C=O) groups excluding carboxylic acids is 2. The summed E-state index contributed by atoms with van der Waals surface area (Å²) in [5, 5.41) is 0.922. The lowest BCUT2D eigenvalue weighted by molar-refractivity contribution is -0.142. The molecule has 244 valence electrons. The molecular weight excluding hydrogens is 693 g/mol. The Hall–Kier alpha value is -2.71. The SMILES string of the molecule is COC(=O)C(N)CS.COC(=O)C1CSC(c2ccccc2)=N1.S.S=C(Sc1ccccc1)c1ccccc1.Sc1ccccc1. The van der Waals surface area contributed by atoms with Crippen molar-refractivity contribution < 1.29 is 19.1 Å². The van der Waals surface area contributed by atoms with Crippen molar-refractivity contribution in [2.45, 2.75) is 21.9 Å². The standard InChI is InChI=1S/C13H10S2.C11H11NO2S.C6H6S.C4H9NO2S.H2S/c14-13(11-7-3-1-4-8-11)15-12-9-5-2-6-10-12;1-14-11(13)9-7-15-10(12-9)8-5-3-2-4-6-8;7-6-4-2-1-3-5-6;1-7-4(6)3(5)2-8;/h1-10H;2-6,9H,7H2,1H3;1-5,7H;3,8H,2,5H2,1H3;1H2. The molecule has 5 rings (SSSR count). The third-order valence-electron chi connectivity index (χ3n) is 5.57. The Morgan fingerprint density at radius 3 is 1.83 bits per heavy atom. The zero-order valence-corrected chi connectivity index (χ0v) is 30.6. The third kappa shape index (κ3) is 16.2. The quantitative estimate of drug-likeness (QED) is 0.0820. The first kappa shape index (κ1) is 41.3. The summed E-state index contributed by atoms with van der Waals surface area (Å²) in [6, 6.07) is 39.0. The second-order valence-corrected chi connectivity index (χ2v) is 12.5. The first-order valence-corrected chi connectivity index (χ1v) is 16.9. The minimum Gasteiger partial charge on any atom is -0.468 e. The van der Waals surface area contributed by atoms with Crippen molar-refractivity contribution in [3.63, 3.8) is 0 Å². The number of thiol groups is 2. The fourth-order valence-corrected chi connectivity index (χ4v) is 5.79. The largest absolute Gasteiger partial charge is 0.468 e. The molecule has 1 aliphatic rings. The van der Waals surface area contributed by atoms with Crippen LogP contribution in [-0.2, 0) is 19.1 Å². The van der Waals surface area contributed by atoms with E-state index in [2.05, 4.69) is 51.9 Å². The Morgan fingerprint density at radius 2 is 1.39 bits per heavy atom. The van der Waals surface area contributed by atoms with E-state index in [1.165, 1.54) is 19.1 Å². The van der Waals surface area contributed by atoms with E-state index in [0.717, 1.165) is 25.3 Å². The number of carbonyl (C=O) groups is 2. The number of esters is 2. The van der Waals surface area contributed by atoms with E-state index in [9.17, 15) is 9.59 Å². The van der Waals surface area contributed by atoms with E-state index < -0.39 is 12.0 Å². The number of aliphatic imine (C=N–C) groups is 1. The first-order chi connectivity index (χ1) is 21.8. The molecule has 0 bridgehead atoms. The Kier molecular flexibility index (Phi) is 22.0. The Balaban J connectivity index is 0.000000321. The lowest BCUT2D eigenvalue weighted by atomic mass is 10.2. The second kappa shape index (κ2) is 24.5. The van der Waals surface area contributed by atoms with Gasteiger partial charge in [0, 0.05) is 26.9 Å². The van der Waals surface area contributed by atoms with Gasteiger partial charge in [-0.05, 0) is 29.8 Å². The van der Waals surface area contributed by atoms with Crippen molar-refractivity contribution in [1.82, 2.24) is 0 Å². The molecule has 0 amide bonds. The zero-order chi connectivity index (χ0) is 32.9. The Morgan fingerprint density at radius 1 is 0.891 bits per heavy atom. The summed E-state index contributed by atoms with van der Waals surface area (Å²) in [7, 11) is 2.69. The minimum atomic E-state index is -0.580. The van der Waals surface area contributed by atoms with Crippen LogP contribution in [0.25, 0.3) is 0 Å². The summed E-state index contributed by atoms with van der Waals surface area (Å²) >= 11 is 16.5. The smallest absolute Gasteiger partial charge is 0.331 e. The third-order valence-corrected chi connectivity index (χ3v) is 8.77. The summed E-state index contributed by atoms with van der Waals surface area (Å²) in [5.74, 6) is 0.331. The van der Waals surface area contributed by atoms with Gasteiger partial charge in [-0.3, -0.25) is 9.79 Å². The number of rotatable bonds is 6. The average Bonchev–Trinajstić information content (AvgIpc) is 3.60. The van der Waals surface area contributed by atoms with Crippen LogP contribution in [-0.4, -0.2) is 59.0 Å². The maximum atomic E-state index is 11.2. The fourth-order valence-electron chi connectivity index (χ4n) is 3.25. The van der Waals surface area contributed by atoms with E-state index in [4.69, 9.17) is 18.0 Å². The molecule has 0 saturated heterocycles. The van der Waals surface area contributed by atoms with Gasteiger partial charge in [0.15, 0.2) is 6.04 Å². The molecule has 12 heteroatoms. The molecule has 46 heavy (non-hydrogen) atoms. The molecule has 4 aromatic rings. The van der Waals surface area contributed by atoms with E-state index in [-0.39, 0.29) is 25.5 Å². The van der Waals surface area contributed by atoms with Crippen LogP contribution >= 0.6 is 74.5 Å². The lowest BCUT2D eigenvalue weighted by Crippen LogP contribution is -2.32. The van der Waals surface area contributed by atoms with Gasteiger partial charge in [0.2, 0.25) is 0 Å². The van der Waals surface area contributed by atoms with Gasteiger partial charge in [-0.1, -0.05) is 121 Å². The van der Waals surface area contributed by atoms with Crippen LogP contribution in [0, 0.1) is 0 Å². The predicted octanol–water partition coefficient (Wildman–Crippen LogP) is 7.38. The van der Waals surface area contributed by atoms with Gasteiger partial charge in [-0.2, -0.15) is 26.1 Å². The molecule has 1 aliphatic heterocycles. The zero-order valence-electron chi connectivity index (χ0n) is 25.4. The number of ether oxygens (including phenoxy) is 2. The van der Waals surface area contributed by atoms with Crippen molar-refractivity contribution in [3.05, 3.63) is 132 Å². The van der Waals surface area contributed by atoms with E-state index in [0.29, 0.717) is 11.5 Å². The van der Waals surface area contributed by atoms with Gasteiger partial charge in [0.05, 0.1) is 23.5 Å². The van der Waals surface area contributed by atoms with Gasteiger partial charge in [0.25, 0.3) is 0 Å². The molecule has 1 heterocycles. The molecule has 0 saturated carbocycles. The van der Waals surface area contributed by atoms with Crippen molar-refractivity contribution in [2.75, 3.05) is 25.7 Å². The molecule has 0 fully saturated rings. The van der Waals surface area contributed by atoms with Crippen LogP contribution in [0.5, 0.6) is 0 Å². The monoisotopic (exact) mass is 730 g/mol. The molecule has 0 spiro atoms. The molecule has 6 nitrogen and oxygen atoms in total. The number of benzene rings is 4. The molecule has 2 N–H and O–H groups in total. The molecule has 0 aromatic heterocycles. The number of hydrogen-bond acceptors (Lipinski definition) is 11. The van der Waals surface area contributed by atoms with E-state index >= 15 is 0 Å². The molecule has 0 aliphatic carbocycles. The lowest BCUT2D eigenvalue weighted by Gasteiger charge is -2.02. The highest BCUT2D eigenvalue weighted by atomic mass is 32.2. The van der Waals surface area contributed by atoms with Gasteiger partial charge in [-0.15, -0.1) is 24.4 Å².